The zero-order valence-electron chi connectivity index (χ0n) is 32.1. The molecule has 1 aromatic carbocycles. The van der Waals surface area contributed by atoms with Crippen LogP contribution in [-0.4, -0.2) is 25.9 Å². The summed E-state index contributed by atoms with van der Waals surface area (Å²) in [4.78, 5) is 0. The minimum absolute atomic E-state index is 0.177. The van der Waals surface area contributed by atoms with Crippen molar-refractivity contribution in [3.05, 3.63) is 105 Å². The highest BCUT2D eigenvalue weighted by Crippen LogP contribution is 2.27. The van der Waals surface area contributed by atoms with Gasteiger partial charge in [-0.1, -0.05) is 81.5 Å². The summed E-state index contributed by atoms with van der Waals surface area (Å²) in [6.45, 7) is 17.3. The van der Waals surface area contributed by atoms with Gasteiger partial charge in [0.05, 0.1) is 0 Å². The maximum Gasteiger partial charge on any atom is 0.446 e. The molecule has 0 amide bonds. The molecule has 1 rings (SSSR count). The van der Waals surface area contributed by atoms with E-state index in [4.69, 9.17) is 9.11 Å². The minimum atomic E-state index is -4.79. The lowest BCUT2D eigenvalue weighted by Crippen LogP contribution is -2.10. The number of benzene rings is 1. The van der Waals surface area contributed by atoms with Crippen LogP contribution in [0.2, 0.25) is 0 Å². The quantitative estimate of drug-likeness (QED) is 0.0790. The topological polar surface area (TPSA) is 127 Å². The monoisotopic (exact) mass is 746 g/mol. The summed E-state index contributed by atoms with van der Waals surface area (Å²) in [5.41, 5.74) is 9.83. The third kappa shape index (κ3) is 25.4. The zero-order chi connectivity index (χ0) is 38.5. The molecule has 0 fully saturated rings. The Morgan fingerprint density at radius 2 is 0.843 bits per heavy atom. The molecule has 0 aliphatic carbocycles. The van der Waals surface area contributed by atoms with Crippen molar-refractivity contribution in [2.75, 3.05) is 0 Å². The summed E-state index contributed by atoms with van der Waals surface area (Å²) in [5.74, 6) is -0.399. The van der Waals surface area contributed by atoms with Gasteiger partial charge in [0.2, 0.25) is 0 Å². The maximum absolute atomic E-state index is 11.2. The molecule has 0 aromatic heterocycles. The molecule has 1 aromatic rings. The minimum Gasteiger partial charge on any atom is -0.362 e. The highest BCUT2D eigenvalue weighted by atomic mass is 32.3. The van der Waals surface area contributed by atoms with Crippen molar-refractivity contribution >= 4 is 20.8 Å². The van der Waals surface area contributed by atoms with Crippen LogP contribution in [0.4, 0.5) is 0 Å². The largest absolute Gasteiger partial charge is 0.446 e. The van der Waals surface area contributed by atoms with Gasteiger partial charge in [0.1, 0.15) is 11.5 Å². The van der Waals surface area contributed by atoms with Gasteiger partial charge in [0, 0.05) is 5.56 Å². The third-order valence-electron chi connectivity index (χ3n) is 8.35. The van der Waals surface area contributed by atoms with Crippen LogP contribution >= 0.6 is 0 Å². The lowest BCUT2D eigenvalue weighted by Gasteiger charge is -2.10. The fourth-order valence-corrected chi connectivity index (χ4v) is 6.04. The summed E-state index contributed by atoms with van der Waals surface area (Å²) in [6.07, 6.45) is 28.6. The normalized spacial score (nSPS) is 14.2. The highest BCUT2D eigenvalue weighted by molar-refractivity contribution is 7.81. The van der Waals surface area contributed by atoms with E-state index in [0.29, 0.717) is 0 Å². The van der Waals surface area contributed by atoms with Crippen LogP contribution in [0.15, 0.2) is 99.7 Å². The summed E-state index contributed by atoms with van der Waals surface area (Å²) < 4.78 is 71.7. The average Bonchev–Trinajstić information content (AvgIpc) is 2.99. The van der Waals surface area contributed by atoms with Crippen LogP contribution in [-0.2, 0) is 27.2 Å². The molecule has 2 N–H and O–H groups in total. The second-order valence-electron chi connectivity index (χ2n) is 13.8. The Kier molecular flexibility index (Phi) is 21.7. The molecule has 0 radical (unpaired) electrons. The Bertz CT molecular complexity index is 1680. The molecule has 0 saturated heterocycles. The molecule has 8 nitrogen and oxygen atoms in total. The second-order valence-corrected chi connectivity index (χ2v) is 15.9. The van der Waals surface area contributed by atoms with E-state index in [1.54, 1.807) is 0 Å². The zero-order valence-corrected chi connectivity index (χ0v) is 33.8. The molecule has 0 heterocycles. The van der Waals surface area contributed by atoms with E-state index in [0.717, 1.165) is 94.8 Å². The molecule has 286 valence electrons. The number of rotatable bonds is 24. The molecule has 0 saturated carbocycles. The number of hydrogen-bond donors (Lipinski definition) is 2. The Balaban J connectivity index is 2.46. The molecule has 0 bridgehead atoms. The lowest BCUT2D eigenvalue weighted by atomic mass is 10.0. The van der Waals surface area contributed by atoms with Gasteiger partial charge in [-0.3, -0.25) is 9.11 Å². The Labute approximate surface area is 309 Å². The van der Waals surface area contributed by atoms with E-state index in [1.165, 1.54) is 39.5 Å². The molecule has 0 unspecified atom stereocenters. The first-order valence-electron chi connectivity index (χ1n) is 17.9. The maximum atomic E-state index is 11.2. The molecule has 10 heteroatoms. The van der Waals surface area contributed by atoms with E-state index in [2.05, 4.69) is 93.3 Å². The van der Waals surface area contributed by atoms with Gasteiger partial charge in [-0.05, 0) is 157 Å². The summed E-state index contributed by atoms with van der Waals surface area (Å²) >= 11 is 0. The first-order valence-corrected chi connectivity index (χ1v) is 20.6. The molecule has 0 aliphatic heterocycles. The van der Waals surface area contributed by atoms with Crippen LogP contribution in [0.3, 0.4) is 0 Å². The Morgan fingerprint density at radius 1 is 0.510 bits per heavy atom. The molecular weight excluding hydrogens is 685 g/mol. The Hall–Kier alpha value is -3.18. The molecule has 0 aliphatic rings. The van der Waals surface area contributed by atoms with Crippen molar-refractivity contribution in [1.82, 2.24) is 0 Å². The summed E-state index contributed by atoms with van der Waals surface area (Å²) in [6, 6.07) is 3.48. The number of hydrogen-bond acceptors (Lipinski definition) is 6. The second kappa shape index (κ2) is 24.1. The number of allylic oxidation sites excluding steroid dienone is 14. The predicted octanol–water partition coefficient (Wildman–Crippen LogP) is 11.9. The van der Waals surface area contributed by atoms with Crippen LogP contribution in [0.1, 0.15) is 138 Å². The SMILES string of the molecule is CC(C)=CCCC(C)=CCCC(C)=CCCC(C)=CCCC(C)=CCCC(C)=CCCC(C)=CCc1cc(OS(=O)(=O)O)ccc1OS(=O)(=O)O. The third-order valence-corrected chi connectivity index (χ3v) is 9.14. The van der Waals surface area contributed by atoms with E-state index >= 15 is 0 Å². The lowest BCUT2D eigenvalue weighted by molar-refractivity contribution is 0.379. The van der Waals surface area contributed by atoms with E-state index in [9.17, 15) is 16.8 Å². The van der Waals surface area contributed by atoms with Gasteiger partial charge in [0.15, 0.2) is 0 Å². The van der Waals surface area contributed by atoms with Crippen molar-refractivity contribution in [3.63, 3.8) is 0 Å². The summed E-state index contributed by atoms with van der Waals surface area (Å²) in [7, 11) is -9.56. The van der Waals surface area contributed by atoms with Crippen molar-refractivity contribution in [2.24, 2.45) is 0 Å². The van der Waals surface area contributed by atoms with E-state index in [-0.39, 0.29) is 23.5 Å². The molecule has 51 heavy (non-hydrogen) atoms. The van der Waals surface area contributed by atoms with Crippen LogP contribution in [0, 0.1) is 0 Å². The van der Waals surface area contributed by atoms with E-state index in [1.807, 2.05) is 13.0 Å². The van der Waals surface area contributed by atoms with Crippen LogP contribution in [0.25, 0.3) is 0 Å². The van der Waals surface area contributed by atoms with Crippen LogP contribution in [0.5, 0.6) is 11.5 Å². The van der Waals surface area contributed by atoms with Crippen molar-refractivity contribution < 1.29 is 34.3 Å². The Morgan fingerprint density at radius 3 is 1.18 bits per heavy atom. The van der Waals surface area contributed by atoms with Gasteiger partial charge < -0.3 is 8.37 Å². The molecule has 0 atom stereocenters. The fraction of sp³-hybridized carbons (Fsp3) is 0.512. The van der Waals surface area contributed by atoms with Gasteiger partial charge >= 0.3 is 20.8 Å². The smallest absolute Gasteiger partial charge is 0.362 e. The van der Waals surface area contributed by atoms with Gasteiger partial charge in [0.25, 0.3) is 0 Å². The predicted molar refractivity (Wildman–Crippen MR) is 212 cm³/mol. The first kappa shape index (κ1) is 45.8. The van der Waals surface area contributed by atoms with Crippen molar-refractivity contribution in [2.45, 2.75) is 139 Å². The van der Waals surface area contributed by atoms with Crippen LogP contribution < -0.4 is 8.37 Å². The molecule has 0 spiro atoms. The van der Waals surface area contributed by atoms with Crippen molar-refractivity contribution in [3.8, 4) is 11.5 Å². The highest BCUT2D eigenvalue weighted by Gasteiger charge is 2.15. The van der Waals surface area contributed by atoms with Gasteiger partial charge in [-0.25, -0.2) is 0 Å². The molecular formula is C41H62O8S2. The van der Waals surface area contributed by atoms with Gasteiger partial charge in [-0.15, -0.1) is 0 Å². The van der Waals surface area contributed by atoms with Gasteiger partial charge in [-0.2, -0.15) is 16.8 Å². The first-order chi connectivity index (χ1) is 23.8. The van der Waals surface area contributed by atoms with E-state index < -0.39 is 20.8 Å². The van der Waals surface area contributed by atoms with Crippen molar-refractivity contribution in [1.29, 1.82) is 0 Å². The summed E-state index contributed by atoms with van der Waals surface area (Å²) in [5, 5.41) is 0. The standard InChI is InChI=1S/C41H62O8S2/c1-32(2)15-9-16-33(3)17-10-18-34(4)19-11-20-35(5)21-12-22-36(6)23-13-24-37(7)25-14-26-38(8)27-28-39-31-40(48-50(42,43)44)29-30-41(39)49-51(45,46)47/h15,17,19,21,23,25,27,29-31H,9-14,16,18,20,22,24,26,28H2,1-8H3,(H,42,43,44)(H,45,46,47). The fourth-order valence-electron chi connectivity index (χ4n) is 5.30. The average molecular weight is 747 g/mol.